The van der Waals surface area contributed by atoms with E-state index in [-0.39, 0.29) is 17.1 Å². The van der Waals surface area contributed by atoms with Gasteiger partial charge in [0.25, 0.3) is 5.91 Å². The van der Waals surface area contributed by atoms with E-state index in [1.165, 1.54) is 6.21 Å². The second-order valence-corrected chi connectivity index (χ2v) is 8.38. The van der Waals surface area contributed by atoms with Crippen molar-refractivity contribution < 1.29 is 9.90 Å². The number of aromatic amines is 1. The highest BCUT2D eigenvalue weighted by Crippen LogP contribution is 2.37. The van der Waals surface area contributed by atoms with E-state index >= 15 is 0 Å². The van der Waals surface area contributed by atoms with Crippen LogP contribution in [0.4, 0.5) is 0 Å². The van der Waals surface area contributed by atoms with E-state index in [1.807, 2.05) is 12.1 Å². The first-order chi connectivity index (χ1) is 13.3. The van der Waals surface area contributed by atoms with Crippen LogP contribution in [-0.4, -0.2) is 27.4 Å². The Morgan fingerprint density at radius 3 is 2.96 bits per heavy atom. The van der Waals surface area contributed by atoms with Gasteiger partial charge in [0.2, 0.25) is 0 Å². The van der Waals surface area contributed by atoms with Crippen molar-refractivity contribution in [2.24, 2.45) is 16.4 Å². The van der Waals surface area contributed by atoms with Crippen LogP contribution in [0.1, 0.15) is 60.1 Å². The molecule has 0 aliphatic heterocycles. The van der Waals surface area contributed by atoms with E-state index in [0.29, 0.717) is 23.6 Å². The summed E-state index contributed by atoms with van der Waals surface area (Å²) in [5.41, 5.74) is 6.47. The van der Waals surface area contributed by atoms with Crippen molar-refractivity contribution in [3.05, 3.63) is 58.9 Å². The summed E-state index contributed by atoms with van der Waals surface area (Å²) in [5, 5.41) is 21.5. The molecule has 28 heavy (non-hydrogen) atoms. The summed E-state index contributed by atoms with van der Waals surface area (Å²) in [7, 11) is 0. The molecule has 6 nitrogen and oxygen atoms in total. The highest BCUT2D eigenvalue weighted by Gasteiger charge is 2.32. The van der Waals surface area contributed by atoms with Crippen molar-refractivity contribution in [2.75, 3.05) is 0 Å². The van der Waals surface area contributed by atoms with Gasteiger partial charge >= 0.3 is 0 Å². The molecule has 0 spiro atoms. The molecule has 0 unspecified atom stereocenters. The first-order valence-corrected chi connectivity index (χ1v) is 9.62. The maximum atomic E-state index is 12.6. The maximum absolute atomic E-state index is 12.6. The molecule has 0 saturated carbocycles. The van der Waals surface area contributed by atoms with Crippen molar-refractivity contribution in [3.63, 3.8) is 0 Å². The van der Waals surface area contributed by atoms with Crippen molar-refractivity contribution in [1.29, 1.82) is 0 Å². The largest absolute Gasteiger partial charge is 0.507 e. The lowest BCUT2D eigenvalue weighted by molar-refractivity contribution is 0.0948. The number of nitrogens with zero attached hydrogens (tertiary/aromatic N) is 2. The first-order valence-electron chi connectivity index (χ1n) is 9.62. The molecule has 3 N–H and O–H groups in total. The molecule has 1 aliphatic carbocycles. The molecule has 0 saturated heterocycles. The number of benzene rings is 1. The van der Waals surface area contributed by atoms with Crippen LogP contribution in [0.15, 0.2) is 36.0 Å². The molecule has 1 aromatic heterocycles. The van der Waals surface area contributed by atoms with Crippen LogP contribution in [0, 0.1) is 11.3 Å². The predicted molar refractivity (Wildman–Crippen MR) is 111 cm³/mol. The summed E-state index contributed by atoms with van der Waals surface area (Å²) in [6, 6.07) is 5.40. The number of carbonyl (C=O) groups excluding carboxylic acids is 1. The molecule has 1 aliphatic rings. The number of hydrogen-bond donors (Lipinski definition) is 3. The van der Waals surface area contributed by atoms with Gasteiger partial charge in [-0.15, -0.1) is 6.58 Å². The number of para-hydroxylation sites is 1. The second kappa shape index (κ2) is 8.00. The van der Waals surface area contributed by atoms with Gasteiger partial charge in [0.05, 0.1) is 6.21 Å². The average molecular weight is 380 g/mol. The molecular weight excluding hydrogens is 352 g/mol. The molecule has 0 bridgehead atoms. The zero-order valence-electron chi connectivity index (χ0n) is 16.7. The van der Waals surface area contributed by atoms with E-state index in [0.717, 1.165) is 36.1 Å². The minimum atomic E-state index is -0.343. The quantitative estimate of drug-likeness (QED) is 0.419. The Morgan fingerprint density at radius 1 is 1.46 bits per heavy atom. The number of phenols is 1. The standard InChI is InChI=1S/C22H28N4O2/c1-5-7-14-8-6-9-15(20(14)27)13-23-26-21(28)19-17-12-16(22(2,3)4)10-11-18(17)24-25-19/h5-6,8-9,13,16,27H,1,7,10-12H2,2-4H3,(H,24,25)(H,26,28)/b23-13-/t16-/m0/s1. The van der Waals surface area contributed by atoms with Gasteiger partial charge in [-0.2, -0.15) is 10.2 Å². The number of nitrogens with one attached hydrogen (secondary N) is 2. The fourth-order valence-electron chi connectivity index (χ4n) is 3.67. The van der Waals surface area contributed by atoms with Crippen molar-refractivity contribution in [3.8, 4) is 5.75 Å². The summed E-state index contributed by atoms with van der Waals surface area (Å²) < 4.78 is 0. The third-order valence-corrected chi connectivity index (χ3v) is 5.47. The minimum Gasteiger partial charge on any atom is -0.507 e. The molecular formula is C22H28N4O2. The number of phenolic OH excluding ortho intramolecular Hbond substituents is 1. The number of hydrazone groups is 1. The highest BCUT2D eigenvalue weighted by atomic mass is 16.3. The summed E-state index contributed by atoms with van der Waals surface area (Å²) in [6.45, 7) is 10.4. The number of carbonyl (C=O) groups is 1. The van der Waals surface area contributed by atoms with Gasteiger partial charge in [-0.25, -0.2) is 5.43 Å². The van der Waals surface area contributed by atoms with Crippen LogP contribution in [0.3, 0.4) is 0 Å². The van der Waals surface area contributed by atoms with Crippen LogP contribution in [0.5, 0.6) is 5.75 Å². The third-order valence-electron chi connectivity index (χ3n) is 5.47. The maximum Gasteiger partial charge on any atom is 0.292 e. The van der Waals surface area contributed by atoms with Crippen LogP contribution in [-0.2, 0) is 19.3 Å². The summed E-state index contributed by atoms with van der Waals surface area (Å²) >= 11 is 0. The molecule has 6 heteroatoms. The summed E-state index contributed by atoms with van der Waals surface area (Å²) in [6.07, 6.45) is 6.57. The molecule has 148 valence electrons. The van der Waals surface area contributed by atoms with Gasteiger partial charge in [0.1, 0.15) is 5.75 Å². The average Bonchev–Trinajstić information content (AvgIpc) is 3.07. The van der Waals surface area contributed by atoms with Gasteiger partial charge in [-0.1, -0.05) is 39.0 Å². The molecule has 1 atom stereocenters. The number of fused-ring (bicyclic) bond motifs is 1. The molecule has 1 heterocycles. The lowest BCUT2D eigenvalue weighted by atomic mass is 9.71. The molecule has 1 aromatic carbocycles. The number of aryl methyl sites for hydroxylation is 1. The zero-order chi connectivity index (χ0) is 20.3. The molecule has 1 amide bonds. The number of aromatic hydroxyl groups is 1. The normalized spacial score (nSPS) is 16.8. The fourth-order valence-corrected chi connectivity index (χ4v) is 3.67. The Labute approximate surface area is 165 Å². The third kappa shape index (κ3) is 4.16. The van der Waals surface area contributed by atoms with Gasteiger partial charge in [0.15, 0.2) is 5.69 Å². The molecule has 2 aromatic rings. The predicted octanol–water partition coefficient (Wildman–Crippen LogP) is 3.76. The number of hydrogen-bond acceptors (Lipinski definition) is 4. The smallest absolute Gasteiger partial charge is 0.292 e. The molecule has 0 fully saturated rings. The Balaban J connectivity index is 1.72. The van der Waals surface area contributed by atoms with Crippen LogP contribution in [0.25, 0.3) is 0 Å². The van der Waals surface area contributed by atoms with Gasteiger partial charge < -0.3 is 5.11 Å². The first kappa shape index (κ1) is 19.9. The van der Waals surface area contributed by atoms with Crippen LogP contribution in [0.2, 0.25) is 0 Å². The monoisotopic (exact) mass is 380 g/mol. The van der Waals surface area contributed by atoms with E-state index in [1.54, 1.807) is 12.1 Å². The van der Waals surface area contributed by atoms with Crippen molar-refractivity contribution >= 4 is 12.1 Å². The Hall–Kier alpha value is -2.89. The number of amides is 1. The van der Waals surface area contributed by atoms with E-state index in [9.17, 15) is 9.90 Å². The van der Waals surface area contributed by atoms with Crippen molar-refractivity contribution in [2.45, 2.75) is 46.5 Å². The van der Waals surface area contributed by atoms with E-state index < -0.39 is 0 Å². The van der Waals surface area contributed by atoms with Crippen LogP contribution >= 0.6 is 0 Å². The zero-order valence-corrected chi connectivity index (χ0v) is 16.7. The molecule has 3 rings (SSSR count). The SMILES string of the molecule is C=CCc1cccc(/C=N\NC(=O)c2n[nH]c3c2C[C@@H](C(C)(C)C)CC3)c1O. The van der Waals surface area contributed by atoms with Crippen LogP contribution < -0.4 is 5.43 Å². The summed E-state index contributed by atoms with van der Waals surface area (Å²) in [5.74, 6) is 0.313. The van der Waals surface area contributed by atoms with Gasteiger partial charge in [-0.3, -0.25) is 9.89 Å². The second-order valence-electron chi connectivity index (χ2n) is 8.38. The minimum absolute atomic E-state index is 0.144. The Kier molecular flexibility index (Phi) is 5.68. The van der Waals surface area contributed by atoms with Gasteiger partial charge in [0, 0.05) is 16.8 Å². The topological polar surface area (TPSA) is 90.4 Å². The number of H-pyrrole nitrogens is 1. The van der Waals surface area contributed by atoms with Crippen molar-refractivity contribution in [1.82, 2.24) is 15.6 Å². The number of allylic oxidation sites excluding steroid dienone is 1. The van der Waals surface area contributed by atoms with Gasteiger partial charge in [-0.05, 0) is 48.6 Å². The highest BCUT2D eigenvalue weighted by molar-refractivity contribution is 5.95. The Morgan fingerprint density at radius 2 is 2.25 bits per heavy atom. The number of rotatable bonds is 5. The lowest BCUT2D eigenvalue weighted by Crippen LogP contribution is -2.28. The Bertz CT molecular complexity index is 906. The lowest BCUT2D eigenvalue weighted by Gasteiger charge is -2.33. The fraction of sp³-hybridized carbons (Fsp3) is 0.409. The summed E-state index contributed by atoms with van der Waals surface area (Å²) in [4.78, 5) is 12.6. The number of aromatic nitrogens is 2. The van der Waals surface area contributed by atoms with E-state index in [2.05, 4.69) is 48.1 Å². The molecule has 0 radical (unpaired) electrons. The van der Waals surface area contributed by atoms with E-state index in [4.69, 9.17) is 0 Å².